The first kappa shape index (κ1) is 24.6. The maximum Gasteiger partial charge on any atom is 0.157 e. The molecule has 1 aliphatic rings. The zero-order chi connectivity index (χ0) is 27.1. The van der Waals surface area contributed by atoms with Crippen LogP contribution in [-0.2, 0) is 6.54 Å². The van der Waals surface area contributed by atoms with Crippen molar-refractivity contribution in [3.05, 3.63) is 89.6 Å². The van der Waals surface area contributed by atoms with E-state index in [9.17, 15) is 4.39 Å². The van der Waals surface area contributed by atoms with Crippen LogP contribution in [0, 0.1) is 11.6 Å². The number of likely N-dealkylation sites (N-methyl/N-ethyl adjacent to an activating group) is 1. The molecule has 3 aromatic heterocycles. The Morgan fingerprint density at radius 2 is 1.92 bits per heavy atom. The fraction of sp³-hybridized carbons (Fsp3) is 0.172. The van der Waals surface area contributed by atoms with Crippen molar-refractivity contribution in [1.82, 2.24) is 24.8 Å². The molecule has 5 aromatic rings. The quantitative estimate of drug-likeness (QED) is 0.280. The molecular formula is C29H26F2N8. The van der Waals surface area contributed by atoms with E-state index in [1.165, 1.54) is 18.3 Å². The molecule has 0 unspecified atom stereocenters. The van der Waals surface area contributed by atoms with Gasteiger partial charge in [0.15, 0.2) is 5.82 Å². The Hall–Kier alpha value is -4.70. The number of anilines is 2. The number of imidazole rings is 1. The summed E-state index contributed by atoms with van der Waals surface area (Å²) in [7, 11) is 3.96. The van der Waals surface area contributed by atoms with Crippen molar-refractivity contribution >= 4 is 28.1 Å². The second-order valence-electron chi connectivity index (χ2n) is 9.73. The molecule has 1 aliphatic heterocycles. The number of nitrogen functional groups attached to an aromatic ring is 1. The number of halogens is 2. The number of nitrogens with one attached hydrogen (secondary N) is 2. The molecule has 4 heterocycles. The Morgan fingerprint density at radius 1 is 1.05 bits per heavy atom. The zero-order valence-corrected chi connectivity index (χ0v) is 21.5. The number of rotatable bonds is 7. The number of H-pyrrole nitrogens is 1. The minimum Gasteiger partial charge on any atom is -0.397 e. The van der Waals surface area contributed by atoms with Gasteiger partial charge in [-0.1, -0.05) is 12.1 Å². The molecule has 8 nitrogen and oxygen atoms in total. The molecule has 0 bridgehead atoms. The highest BCUT2D eigenvalue weighted by atomic mass is 19.1. The summed E-state index contributed by atoms with van der Waals surface area (Å²) in [5.41, 5.74) is 11.9. The molecule has 196 valence electrons. The number of nitrogens with two attached hydrogens (primary N) is 1. The number of hydrogen-bond acceptors (Lipinski definition) is 7. The Balaban J connectivity index is 1.39. The minimum atomic E-state index is -0.409. The van der Waals surface area contributed by atoms with E-state index in [2.05, 4.69) is 25.3 Å². The van der Waals surface area contributed by atoms with Gasteiger partial charge in [-0.25, -0.2) is 13.8 Å². The van der Waals surface area contributed by atoms with Crippen LogP contribution in [0.4, 0.5) is 20.2 Å². The van der Waals surface area contributed by atoms with E-state index < -0.39 is 5.82 Å². The monoisotopic (exact) mass is 524 g/mol. The number of aliphatic imine (C=N–C) groups is 1. The molecule has 39 heavy (non-hydrogen) atoms. The first-order valence-corrected chi connectivity index (χ1v) is 12.5. The summed E-state index contributed by atoms with van der Waals surface area (Å²) in [5.74, 6) is -0.372. The Labute approximate surface area is 223 Å². The fourth-order valence-electron chi connectivity index (χ4n) is 4.78. The van der Waals surface area contributed by atoms with Crippen LogP contribution in [0.1, 0.15) is 17.0 Å². The Kier molecular flexibility index (Phi) is 6.24. The van der Waals surface area contributed by atoms with Gasteiger partial charge in [-0.05, 0) is 50.0 Å². The third-order valence-electron chi connectivity index (χ3n) is 6.63. The molecule has 0 saturated heterocycles. The van der Waals surface area contributed by atoms with E-state index >= 15 is 4.39 Å². The van der Waals surface area contributed by atoms with Gasteiger partial charge in [0.05, 0.1) is 23.4 Å². The van der Waals surface area contributed by atoms with Crippen LogP contribution in [-0.4, -0.2) is 57.7 Å². The molecular weight excluding hydrogens is 498 g/mol. The van der Waals surface area contributed by atoms with Crippen molar-refractivity contribution in [2.75, 3.05) is 38.2 Å². The summed E-state index contributed by atoms with van der Waals surface area (Å²) in [5, 5.41) is 3.25. The molecule has 0 saturated carbocycles. The van der Waals surface area contributed by atoms with Gasteiger partial charge in [0.25, 0.3) is 0 Å². The van der Waals surface area contributed by atoms with E-state index in [1.54, 1.807) is 30.6 Å². The van der Waals surface area contributed by atoms with Gasteiger partial charge in [-0.15, -0.1) is 0 Å². The second-order valence-corrected chi connectivity index (χ2v) is 9.73. The average Bonchev–Trinajstić information content (AvgIpc) is 3.53. The molecule has 0 radical (unpaired) electrons. The number of aromatic amines is 1. The Bertz CT molecular complexity index is 1740. The summed E-state index contributed by atoms with van der Waals surface area (Å²) in [4.78, 5) is 23.3. The number of nitrogens with zero attached hydrogens (tertiary/aromatic N) is 5. The van der Waals surface area contributed by atoms with Gasteiger partial charge >= 0.3 is 0 Å². The molecule has 4 N–H and O–H groups in total. The van der Waals surface area contributed by atoms with Gasteiger partial charge in [-0.2, -0.15) is 0 Å². The van der Waals surface area contributed by atoms with E-state index in [-0.39, 0.29) is 5.82 Å². The average molecular weight is 525 g/mol. The van der Waals surface area contributed by atoms with Crippen LogP contribution in [0.3, 0.4) is 0 Å². The lowest BCUT2D eigenvalue weighted by Gasteiger charge is -2.12. The normalized spacial score (nSPS) is 12.7. The van der Waals surface area contributed by atoms with Gasteiger partial charge in [0.1, 0.15) is 22.9 Å². The first-order chi connectivity index (χ1) is 18.9. The lowest BCUT2D eigenvalue weighted by molar-refractivity contribution is 0.425. The number of aromatic nitrogens is 4. The van der Waals surface area contributed by atoms with Crippen molar-refractivity contribution in [3.8, 4) is 22.4 Å². The van der Waals surface area contributed by atoms with Crippen molar-refractivity contribution in [2.24, 2.45) is 4.99 Å². The third kappa shape index (κ3) is 4.70. The number of hydrogen-bond donors (Lipinski definition) is 3. The van der Waals surface area contributed by atoms with Crippen molar-refractivity contribution in [2.45, 2.75) is 6.54 Å². The van der Waals surface area contributed by atoms with Crippen LogP contribution in [0.15, 0.2) is 66.0 Å². The molecule has 6 rings (SSSR count). The predicted octanol–water partition coefficient (Wildman–Crippen LogP) is 4.87. The van der Waals surface area contributed by atoms with Crippen molar-refractivity contribution in [1.29, 1.82) is 0 Å². The minimum absolute atomic E-state index is 0.338. The number of pyridine rings is 2. The maximum absolute atomic E-state index is 15.9. The van der Waals surface area contributed by atoms with E-state index in [4.69, 9.17) is 10.7 Å². The largest absolute Gasteiger partial charge is 0.397 e. The molecule has 0 aliphatic carbocycles. The van der Waals surface area contributed by atoms with Crippen LogP contribution in [0.25, 0.3) is 33.4 Å². The summed E-state index contributed by atoms with van der Waals surface area (Å²) in [6, 6.07) is 11.8. The van der Waals surface area contributed by atoms with E-state index in [0.29, 0.717) is 75.0 Å². The summed E-state index contributed by atoms with van der Waals surface area (Å²) >= 11 is 0. The van der Waals surface area contributed by atoms with E-state index in [0.717, 1.165) is 12.1 Å². The number of fused-ring (bicyclic) bond motifs is 2. The zero-order valence-electron chi connectivity index (χ0n) is 21.5. The molecule has 0 spiro atoms. The molecule has 10 heteroatoms. The predicted molar refractivity (Wildman–Crippen MR) is 150 cm³/mol. The lowest BCUT2D eigenvalue weighted by atomic mass is 9.97. The molecule has 0 amide bonds. The summed E-state index contributed by atoms with van der Waals surface area (Å²) < 4.78 is 30.5. The second kappa shape index (κ2) is 9.88. The Morgan fingerprint density at radius 3 is 2.74 bits per heavy atom. The van der Waals surface area contributed by atoms with Gasteiger partial charge in [-0.3, -0.25) is 15.0 Å². The third-order valence-corrected chi connectivity index (χ3v) is 6.63. The lowest BCUT2D eigenvalue weighted by Crippen LogP contribution is -2.20. The van der Waals surface area contributed by atoms with Crippen molar-refractivity contribution < 1.29 is 8.78 Å². The summed E-state index contributed by atoms with van der Waals surface area (Å²) in [6.45, 7) is 1.81. The standard InChI is InChI=1S/C29H26F2N8/c1-39(2)8-7-34-21-11-17(9-19(30)12-21)26-27-23(5-6-35-26)37-29(38-27)28-24-16(14-36-28)3-4-22(25(24)31)18-10-20(32)15-33-13-18/h3-6,9-13,15,34H,7-8,14,32H2,1-2H3,(H,37,38). The van der Waals surface area contributed by atoms with Gasteiger partial charge in [0, 0.05) is 59.6 Å². The molecule has 0 fully saturated rings. The topological polar surface area (TPSA) is 108 Å². The van der Waals surface area contributed by atoms with E-state index in [1.807, 2.05) is 31.1 Å². The highest BCUT2D eigenvalue weighted by molar-refractivity contribution is 6.15. The smallest absolute Gasteiger partial charge is 0.157 e. The maximum atomic E-state index is 15.9. The number of benzene rings is 2. The van der Waals surface area contributed by atoms with Crippen LogP contribution in [0.5, 0.6) is 0 Å². The fourth-order valence-corrected chi connectivity index (χ4v) is 4.78. The molecule has 0 atom stereocenters. The molecule has 2 aromatic carbocycles. The van der Waals surface area contributed by atoms with Crippen LogP contribution < -0.4 is 11.1 Å². The first-order valence-electron chi connectivity index (χ1n) is 12.5. The summed E-state index contributed by atoms with van der Waals surface area (Å²) in [6.07, 6.45) is 4.73. The van der Waals surface area contributed by atoms with Gasteiger partial charge < -0.3 is 20.9 Å². The van der Waals surface area contributed by atoms with Crippen LogP contribution in [0.2, 0.25) is 0 Å². The SMILES string of the molecule is CN(C)CCNc1cc(F)cc(-c2nccc3[nH]c(C4=NCc5ccc(-c6cncc(N)c6)c(F)c54)nc23)c1. The van der Waals surface area contributed by atoms with Crippen LogP contribution >= 0.6 is 0 Å². The highest BCUT2D eigenvalue weighted by Gasteiger charge is 2.27. The van der Waals surface area contributed by atoms with Gasteiger partial charge in [0.2, 0.25) is 0 Å². The van der Waals surface area contributed by atoms with Crippen molar-refractivity contribution in [3.63, 3.8) is 0 Å². The highest BCUT2D eigenvalue weighted by Crippen LogP contribution is 2.34.